The van der Waals surface area contributed by atoms with Crippen LogP contribution in [0.15, 0.2) is 28.5 Å². The summed E-state index contributed by atoms with van der Waals surface area (Å²) in [6.07, 6.45) is 1.65. The molecule has 166 valence electrons. The van der Waals surface area contributed by atoms with Crippen molar-refractivity contribution in [3.8, 4) is 0 Å². The molecular formula is C20H24ClN5O3S2. The number of aromatic nitrogens is 3. The van der Waals surface area contributed by atoms with Crippen molar-refractivity contribution in [3.63, 3.8) is 0 Å². The van der Waals surface area contributed by atoms with Crippen molar-refractivity contribution in [1.29, 1.82) is 0 Å². The van der Waals surface area contributed by atoms with Crippen LogP contribution >= 0.6 is 22.9 Å². The SMILES string of the molecule is CCN(C(C)=O)c1nc(/C=C(\Cl)c2nc3ccc(S(=O)(=O)N(CC)CC)cc3[nH]2)cs1. The van der Waals surface area contributed by atoms with Crippen molar-refractivity contribution in [2.24, 2.45) is 0 Å². The topological polar surface area (TPSA) is 99.3 Å². The molecule has 0 unspecified atom stereocenters. The number of aromatic amines is 1. The van der Waals surface area contributed by atoms with Crippen molar-refractivity contribution in [2.45, 2.75) is 32.6 Å². The molecule has 11 heteroatoms. The van der Waals surface area contributed by atoms with Crippen molar-refractivity contribution in [3.05, 3.63) is 35.1 Å². The maximum Gasteiger partial charge on any atom is 0.243 e. The third-order valence-electron chi connectivity index (χ3n) is 4.73. The standard InChI is InChI=1S/C20H24ClN5O3S2/c1-5-25(6-2)31(28,29)15-8-9-17-18(11-15)24-19(23-17)16(21)10-14-12-30-20(22-14)26(7-3)13(4)27/h8-12H,5-7H2,1-4H3,(H,23,24)/b16-10-. The lowest BCUT2D eigenvalue weighted by atomic mass is 10.3. The van der Waals surface area contributed by atoms with Crippen molar-refractivity contribution < 1.29 is 13.2 Å². The lowest BCUT2D eigenvalue weighted by molar-refractivity contribution is -0.116. The number of sulfonamides is 1. The summed E-state index contributed by atoms with van der Waals surface area (Å²) < 4.78 is 26.9. The number of H-pyrrole nitrogens is 1. The number of rotatable bonds is 8. The van der Waals surface area contributed by atoms with Crippen molar-refractivity contribution in [1.82, 2.24) is 19.3 Å². The first-order valence-corrected chi connectivity index (χ1v) is 12.5. The number of halogens is 1. The normalized spacial score (nSPS) is 12.6. The number of hydrogen-bond acceptors (Lipinski definition) is 6. The van der Waals surface area contributed by atoms with Crippen LogP contribution in [0.2, 0.25) is 0 Å². The zero-order valence-electron chi connectivity index (χ0n) is 17.7. The van der Waals surface area contributed by atoms with Gasteiger partial charge in [0.2, 0.25) is 15.9 Å². The summed E-state index contributed by atoms with van der Waals surface area (Å²) in [7, 11) is -3.57. The van der Waals surface area contributed by atoms with Crippen LogP contribution in [0.1, 0.15) is 39.2 Å². The zero-order valence-corrected chi connectivity index (χ0v) is 20.1. The Labute approximate surface area is 190 Å². The molecule has 0 saturated heterocycles. The van der Waals surface area contributed by atoms with E-state index in [0.717, 1.165) is 0 Å². The minimum absolute atomic E-state index is 0.0776. The van der Waals surface area contributed by atoms with E-state index in [1.165, 1.54) is 22.6 Å². The summed E-state index contributed by atoms with van der Waals surface area (Å²) in [5, 5.41) is 2.73. The Morgan fingerprint density at radius 3 is 2.52 bits per heavy atom. The van der Waals surface area contributed by atoms with Gasteiger partial charge >= 0.3 is 0 Å². The highest BCUT2D eigenvalue weighted by Crippen LogP contribution is 2.27. The van der Waals surface area contributed by atoms with E-state index in [-0.39, 0.29) is 10.8 Å². The number of anilines is 1. The zero-order chi connectivity index (χ0) is 22.8. The number of nitrogens with zero attached hydrogens (tertiary/aromatic N) is 4. The summed E-state index contributed by atoms with van der Waals surface area (Å²) in [4.78, 5) is 25.4. The second kappa shape index (κ2) is 9.47. The van der Waals surface area contributed by atoms with Crippen molar-refractivity contribution >= 4 is 66.1 Å². The van der Waals surface area contributed by atoms with Crippen LogP contribution in [0.3, 0.4) is 0 Å². The number of benzene rings is 1. The highest BCUT2D eigenvalue weighted by atomic mass is 35.5. The first-order valence-electron chi connectivity index (χ1n) is 9.82. The van der Waals surface area contributed by atoms with Crippen molar-refractivity contribution in [2.75, 3.05) is 24.5 Å². The predicted molar refractivity (Wildman–Crippen MR) is 126 cm³/mol. The van der Waals surface area contributed by atoms with Gasteiger partial charge in [-0.25, -0.2) is 18.4 Å². The molecule has 0 bridgehead atoms. The van der Waals surface area contributed by atoms with Gasteiger partial charge in [0.05, 0.1) is 26.7 Å². The van der Waals surface area contributed by atoms with Gasteiger partial charge < -0.3 is 4.98 Å². The van der Waals surface area contributed by atoms with Gasteiger partial charge in [-0.3, -0.25) is 9.69 Å². The number of imidazole rings is 1. The summed E-state index contributed by atoms with van der Waals surface area (Å²) in [5.74, 6) is 0.328. The number of hydrogen-bond donors (Lipinski definition) is 1. The quantitative estimate of drug-likeness (QED) is 0.520. The fraction of sp³-hybridized carbons (Fsp3) is 0.350. The van der Waals surface area contributed by atoms with E-state index < -0.39 is 10.0 Å². The molecule has 3 rings (SSSR count). The molecule has 1 amide bonds. The maximum absolute atomic E-state index is 12.8. The molecule has 31 heavy (non-hydrogen) atoms. The van der Waals surface area contributed by atoms with Crippen LogP contribution in [0.25, 0.3) is 22.1 Å². The molecule has 2 aromatic heterocycles. The maximum atomic E-state index is 12.8. The molecule has 1 aromatic carbocycles. The molecule has 2 heterocycles. The van der Waals surface area contributed by atoms with Crippen LogP contribution in [0.4, 0.5) is 5.13 Å². The second-order valence-electron chi connectivity index (χ2n) is 6.66. The Morgan fingerprint density at radius 1 is 1.19 bits per heavy atom. The summed E-state index contributed by atoms with van der Waals surface area (Å²) in [6.45, 7) is 8.31. The number of amides is 1. The number of fused-ring (bicyclic) bond motifs is 1. The third-order valence-corrected chi connectivity index (χ3v) is 7.95. The molecule has 0 aliphatic carbocycles. The number of thiazole rings is 1. The van der Waals surface area contributed by atoms with Crippen LogP contribution < -0.4 is 4.90 Å². The van der Waals surface area contributed by atoms with Gasteiger partial charge in [-0.1, -0.05) is 25.4 Å². The Balaban J connectivity index is 1.92. The van der Waals surface area contributed by atoms with Gasteiger partial charge in [0, 0.05) is 31.9 Å². The fourth-order valence-corrected chi connectivity index (χ4v) is 5.71. The Hall–Kier alpha value is -2.27. The molecular weight excluding hydrogens is 458 g/mol. The molecule has 8 nitrogen and oxygen atoms in total. The van der Waals surface area contributed by atoms with E-state index in [4.69, 9.17) is 11.6 Å². The lowest BCUT2D eigenvalue weighted by Crippen LogP contribution is -2.30. The smallest absolute Gasteiger partial charge is 0.243 e. The first-order chi connectivity index (χ1) is 14.7. The fourth-order valence-electron chi connectivity index (χ4n) is 3.13. The number of nitrogens with one attached hydrogen (secondary N) is 1. The average molecular weight is 482 g/mol. The molecule has 3 aromatic rings. The molecule has 0 radical (unpaired) electrons. The van der Waals surface area contributed by atoms with E-state index in [1.807, 2.05) is 6.92 Å². The molecule has 0 spiro atoms. The average Bonchev–Trinajstić information content (AvgIpc) is 3.35. The third kappa shape index (κ3) is 4.82. The molecule has 0 fully saturated rings. The van der Waals surface area contributed by atoms with E-state index in [2.05, 4.69) is 15.0 Å². The van der Waals surface area contributed by atoms with Gasteiger partial charge in [0.25, 0.3) is 0 Å². The molecule has 0 atom stereocenters. The van der Waals surface area contributed by atoms with Gasteiger partial charge in [0.15, 0.2) is 5.13 Å². The molecule has 0 aliphatic rings. The summed E-state index contributed by atoms with van der Waals surface area (Å²) in [6, 6.07) is 4.77. The molecule has 1 N–H and O–H groups in total. The second-order valence-corrected chi connectivity index (χ2v) is 9.85. The van der Waals surface area contributed by atoms with Gasteiger partial charge in [0.1, 0.15) is 5.82 Å². The van der Waals surface area contributed by atoms with E-state index in [9.17, 15) is 13.2 Å². The largest absolute Gasteiger partial charge is 0.337 e. The van der Waals surface area contributed by atoms with E-state index in [1.54, 1.807) is 48.4 Å². The van der Waals surface area contributed by atoms with Gasteiger partial charge in [-0.05, 0) is 31.2 Å². The van der Waals surface area contributed by atoms with Gasteiger partial charge in [-0.2, -0.15) is 4.31 Å². The van der Waals surface area contributed by atoms with E-state index >= 15 is 0 Å². The van der Waals surface area contributed by atoms with Crippen LogP contribution in [0.5, 0.6) is 0 Å². The monoisotopic (exact) mass is 481 g/mol. The minimum atomic E-state index is -3.57. The number of carbonyl (C=O) groups is 1. The van der Waals surface area contributed by atoms with E-state index in [0.29, 0.717) is 52.3 Å². The minimum Gasteiger partial charge on any atom is -0.337 e. The van der Waals surface area contributed by atoms with Crippen LogP contribution in [0, 0.1) is 0 Å². The number of carbonyl (C=O) groups excluding carboxylic acids is 1. The lowest BCUT2D eigenvalue weighted by Gasteiger charge is -2.18. The Kier molecular flexibility index (Phi) is 7.15. The molecule has 0 saturated carbocycles. The summed E-state index contributed by atoms with van der Waals surface area (Å²) in [5.41, 5.74) is 1.78. The first kappa shape index (κ1) is 23.4. The molecule has 0 aliphatic heterocycles. The predicted octanol–water partition coefficient (Wildman–Crippen LogP) is 4.16. The summed E-state index contributed by atoms with van der Waals surface area (Å²) >= 11 is 7.80. The van der Waals surface area contributed by atoms with Crippen LogP contribution in [-0.2, 0) is 14.8 Å². The van der Waals surface area contributed by atoms with Gasteiger partial charge in [-0.15, -0.1) is 11.3 Å². The Morgan fingerprint density at radius 2 is 1.90 bits per heavy atom. The Bertz CT molecular complexity index is 1230. The highest BCUT2D eigenvalue weighted by molar-refractivity contribution is 7.89. The van der Waals surface area contributed by atoms with Crippen LogP contribution in [-0.4, -0.2) is 53.2 Å². The highest BCUT2D eigenvalue weighted by Gasteiger charge is 2.22.